The highest BCUT2D eigenvalue weighted by Crippen LogP contribution is 2.25. The molecule has 3 rings (SSSR count). The molecule has 0 bridgehead atoms. The van der Waals surface area contributed by atoms with Crippen LogP contribution in [0.3, 0.4) is 0 Å². The molecule has 1 aromatic heterocycles. The van der Waals surface area contributed by atoms with Gasteiger partial charge in [0.2, 0.25) is 29.5 Å². The zero-order valence-electron chi connectivity index (χ0n) is 24.5. The zero-order valence-corrected chi connectivity index (χ0v) is 24.5. The van der Waals surface area contributed by atoms with Crippen LogP contribution >= 0.6 is 0 Å². The van der Waals surface area contributed by atoms with Gasteiger partial charge in [-0.1, -0.05) is 12.1 Å². The number of aromatic nitrogens is 2. The second kappa shape index (κ2) is 13.3. The van der Waals surface area contributed by atoms with Crippen molar-refractivity contribution in [2.75, 3.05) is 54.4 Å². The van der Waals surface area contributed by atoms with Crippen molar-refractivity contribution >= 4 is 46.7 Å². The van der Waals surface area contributed by atoms with Gasteiger partial charge < -0.3 is 24.7 Å². The average molecular weight is 588 g/mol. The molecule has 2 aromatic rings. The van der Waals surface area contributed by atoms with E-state index >= 15 is 0 Å². The van der Waals surface area contributed by atoms with Crippen LogP contribution in [-0.4, -0.2) is 124 Å². The first-order chi connectivity index (χ1) is 19.7. The van der Waals surface area contributed by atoms with Gasteiger partial charge in [0.15, 0.2) is 0 Å². The van der Waals surface area contributed by atoms with Gasteiger partial charge in [0.05, 0.1) is 24.1 Å². The number of para-hydroxylation sites is 1. The number of benzene rings is 1. The van der Waals surface area contributed by atoms with Gasteiger partial charge in [-0.3, -0.25) is 38.4 Å². The van der Waals surface area contributed by atoms with Gasteiger partial charge >= 0.3 is 11.8 Å². The Balaban J connectivity index is 1.57. The lowest BCUT2D eigenvalue weighted by Gasteiger charge is -2.25. The molecular formula is C27H37N7O8. The minimum atomic E-state index is -1.26. The Morgan fingerprint density at radius 1 is 0.905 bits per heavy atom. The van der Waals surface area contributed by atoms with Crippen molar-refractivity contribution in [3.05, 3.63) is 34.2 Å². The molecule has 0 aliphatic carbocycles. The number of hydrogen-bond donors (Lipinski definition) is 2. The largest absolute Gasteiger partial charge is 0.465 e. The Bertz CT molecular complexity index is 1460. The van der Waals surface area contributed by atoms with Gasteiger partial charge in [-0.2, -0.15) is 0 Å². The van der Waals surface area contributed by atoms with E-state index in [0.29, 0.717) is 30.4 Å². The van der Waals surface area contributed by atoms with Crippen LogP contribution in [0.5, 0.6) is 0 Å². The van der Waals surface area contributed by atoms with Gasteiger partial charge in [0.25, 0.3) is 0 Å². The smallest absolute Gasteiger partial charge is 0.407 e. The molecule has 1 atom stereocenters. The topological polar surface area (TPSA) is 175 Å². The maximum absolute atomic E-state index is 13.1. The molecule has 228 valence electrons. The maximum Gasteiger partial charge on any atom is 0.407 e. The number of carboxylic acid groups (broad SMARTS) is 1. The van der Waals surface area contributed by atoms with Gasteiger partial charge in [-0.25, -0.2) is 9.59 Å². The summed E-state index contributed by atoms with van der Waals surface area (Å²) in [6.07, 6.45) is 0.227. The molecule has 1 aliphatic rings. The van der Waals surface area contributed by atoms with Crippen LogP contribution in [0, 0.1) is 0 Å². The molecule has 0 saturated carbocycles. The van der Waals surface area contributed by atoms with Crippen LogP contribution in [0.15, 0.2) is 23.0 Å². The van der Waals surface area contributed by atoms with E-state index in [2.05, 4.69) is 5.32 Å². The van der Waals surface area contributed by atoms with E-state index in [1.165, 1.54) is 40.1 Å². The third kappa shape index (κ3) is 7.14. The number of imidazole rings is 1. The van der Waals surface area contributed by atoms with Crippen molar-refractivity contribution in [1.29, 1.82) is 0 Å². The number of nitrogens with one attached hydrogen (secondary N) is 1. The second-order valence-electron chi connectivity index (χ2n) is 10.5. The van der Waals surface area contributed by atoms with Crippen LogP contribution in [0.4, 0.5) is 4.79 Å². The molecule has 6 amide bonds. The average Bonchev–Trinajstić information content (AvgIpc) is 3.18. The summed E-state index contributed by atoms with van der Waals surface area (Å²) in [6.45, 7) is -0.529. The lowest BCUT2D eigenvalue weighted by molar-refractivity contribution is -0.142. The van der Waals surface area contributed by atoms with E-state index in [0.717, 1.165) is 15.4 Å². The fraction of sp³-hybridized carbons (Fsp3) is 0.519. The second-order valence-corrected chi connectivity index (χ2v) is 10.5. The first-order valence-corrected chi connectivity index (χ1v) is 13.4. The molecule has 0 radical (unpaired) electrons. The summed E-state index contributed by atoms with van der Waals surface area (Å²) < 4.78 is 2.92. The fourth-order valence-corrected chi connectivity index (χ4v) is 4.80. The van der Waals surface area contributed by atoms with Crippen molar-refractivity contribution in [3.8, 4) is 0 Å². The SMILES string of the molecule is CN(CC(=O)N(C)CC(=O)N(C)CC(=O)N(C)CCCc1cccc2c1n(C)c(=O)n2C1CCC(=O)NC1=O)C(=O)O. The molecule has 0 spiro atoms. The third-order valence-corrected chi connectivity index (χ3v) is 7.37. The van der Waals surface area contributed by atoms with E-state index in [1.807, 2.05) is 6.07 Å². The van der Waals surface area contributed by atoms with Crippen LogP contribution in [0.1, 0.15) is 30.9 Å². The summed E-state index contributed by atoms with van der Waals surface area (Å²) in [7, 11) is 7.33. The van der Waals surface area contributed by atoms with Crippen LogP contribution in [-0.2, 0) is 37.4 Å². The van der Waals surface area contributed by atoms with E-state index in [-0.39, 0.29) is 43.4 Å². The normalized spacial score (nSPS) is 14.8. The minimum Gasteiger partial charge on any atom is -0.465 e. The van der Waals surface area contributed by atoms with Crippen LogP contribution in [0.25, 0.3) is 11.0 Å². The number of rotatable bonds is 11. The summed E-state index contributed by atoms with van der Waals surface area (Å²) in [5, 5.41) is 11.2. The summed E-state index contributed by atoms with van der Waals surface area (Å²) in [5.74, 6) is -2.19. The quantitative estimate of drug-likeness (QED) is 0.323. The maximum atomic E-state index is 13.1. The Morgan fingerprint density at radius 3 is 2.05 bits per heavy atom. The third-order valence-electron chi connectivity index (χ3n) is 7.37. The van der Waals surface area contributed by atoms with Crippen LogP contribution < -0.4 is 11.0 Å². The number of piperidine rings is 1. The van der Waals surface area contributed by atoms with Gasteiger partial charge in [0, 0.05) is 48.2 Å². The number of amides is 6. The van der Waals surface area contributed by atoms with E-state index < -0.39 is 36.4 Å². The highest BCUT2D eigenvalue weighted by molar-refractivity contribution is 6.00. The van der Waals surface area contributed by atoms with E-state index in [9.17, 15) is 33.6 Å². The lowest BCUT2D eigenvalue weighted by Crippen LogP contribution is -2.46. The number of fused-ring (bicyclic) bond motifs is 1. The molecular weight excluding hydrogens is 550 g/mol. The monoisotopic (exact) mass is 587 g/mol. The van der Waals surface area contributed by atoms with Crippen molar-refractivity contribution in [3.63, 3.8) is 0 Å². The zero-order chi connectivity index (χ0) is 31.3. The molecule has 1 unspecified atom stereocenters. The molecule has 42 heavy (non-hydrogen) atoms. The summed E-state index contributed by atoms with van der Waals surface area (Å²) in [4.78, 5) is 90.1. The van der Waals surface area contributed by atoms with Crippen LogP contribution in [0.2, 0.25) is 0 Å². The Morgan fingerprint density at radius 2 is 1.48 bits per heavy atom. The first kappa shape index (κ1) is 31.8. The predicted molar refractivity (Wildman–Crippen MR) is 150 cm³/mol. The van der Waals surface area contributed by atoms with Crippen molar-refractivity contribution in [2.45, 2.75) is 31.7 Å². The Labute approximate surface area is 242 Å². The number of nitrogens with zero attached hydrogens (tertiary/aromatic N) is 6. The highest BCUT2D eigenvalue weighted by atomic mass is 16.4. The minimum absolute atomic E-state index is 0.152. The molecule has 15 heteroatoms. The number of likely N-dealkylation sites (N-methyl/N-ethyl adjacent to an activating group) is 4. The standard InChI is InChI=1S/C27H37N7O8/c1-29(21(36)14-30(2)22(37)15-31(3)23(38)16-32(4)27(41)42)13-7-9-17-8-6-10-18-24(17)33(5)26(40)34(18)19-11-12-20(35)28-25(19)39/h6,8,10,19H,7,9,11-16H2,1-5H3,(H,41,42)(H,28,35,39). The number of aryl methyl sites for hydroxylation is 2. The molecule has 1 aliphatic heterocycles. The molecule has 1 saturated heterocycles. The summed E-state index contributed by atoms with van der Waals surface area (Å²) >= 11 is 0. The molecule has 2 N–H and O–H groups in total. The highest BCUT2D eigenvalue weighted by Gasteiger charge is 2.31. The molecule has 2 heterocycles. The fourth-order valence-electron chi connectivity index (χ4n) is 4.80. The summed E-state index contributed by atoms with van der Waals surface area (Å²) in [5.41, 5.74) is 1.79. The molecule has 15 nitrogen and oxygen atoms in total. The van der Waals surface area contributed by atoms with Gasteiger partial charge in [-0.15, -0.1) is 0 Å². The molecule has 1 aromatic carbocycles. The number of imide groups is 1. The van der Waals surface area contributed by atoms with Crippen molar-refractivity contribution in [2.24, 2.45) is 7.05 Å². The Hall–Kier alpha value is -4.69. The summed E-state index contributed by atoms with van der Waals surface area (Å²) in [6, 6.07) is 4.68. The van der Waals surface area contributed by atoms with E-state index in [1.54, 1.807) is 26.2 Å². The first-order valence-electron chi connectivity index (χ1n) is 13.4. The van der Waals surface area contributed by atoms with Gasteiger partial charge in [0.1, 0.15) is 12.6 Å². The predicted octanol–water partition coefficient (Wildman–Crippen LogP) is -0.765. The Kier molecular flexibility index (Phi) is 10.1. The number of hydrogen-bond acceptors (Lipinski definition) is 7. The lowest BCUT2D eigenvalue weighted by atomic mass is 10.0. The van der Waals surface area contributed by atoms with Crippen molar-refractivity contribution < 1.29 is 33.9 Å². The van der Waals surface area contributed by atoms with Crippen molar-refractivity contribution in [1.82, 2.24) is 34.1 Å². The number of carbonyl (C=O) groups excluding carboxylic acids is 5. The molecule has 1 fully saturated rings. The van der Waals surface area contributed by atoms with E-state index in [4.69, 9.17) is 5.11 Å². The number of carbonyl (C=O) groups is 6. The van der Waals surface area contributed by atoms with Gasteiger partial charge in [-0.05, 0) is 30.9 Å².